The fourth-order valence-corrected chi connectivity index (χ4v) is 3.57. The molecule has 0 saturated carbocycles. The maximum Gasteiger partial charge on any atom is 0.226 e. The van der Waals surface area contributed by atoms with Crippen LogP contribution in [0.3, 0.4) is 0 Å². The molecule has 156 valence electrons. The molecule has 1 atom stereocenters. The standard InChI is InChI=1S/C25H21FN2O3/c1-17(29)28-14-13-18-5-2-3-8-23(18)24(28)16-25(30)27-20-9-11-21(12-10-20)31-22-7-4-6-19(26)15-22/h2-15,24H,16H2,1H3,(H,27,30). The summed E-state index contributed by atoms with van der Waals surface area (Å²) in [5.74, 6) is 0.213. The third-order valence-corrected chi connectivity index (χ3v) is 5.02. The van der Waals surface area contributed by atoms with Crippen molar-refractivity contribution in [2.24, 2.45) is 0 Å². The van der Waals surface area contributed by atoms with Crippen LogP contribution in [0.25, 0.3) is 6.08 Å². The molecule has 0 fully saturated rings. The number of fused-ring (bicyclic) bond motifs is 1. The van der Waals surface area contributed by atoms with E-state index >= 15 is 0 Å². The van der Waals surface area contributed by atoms with E-state index in [1.165, 1.54) is 19.1 Å². The first-order valence-electron chi connectivity index (χ1n) is 9.89. The summed E-state index contributed by atoms with van der Waals surface area (Å²) in [6.07, 6.45) is 3.73. The van der Waals surface area contributed by atoms with Gasteiger partial charge in [-0.2, -0.15) is 0 Å². The van der Waals surface area contributed by atoms with Crippen molar-refractivity contribution in [2.45, 2.75) is 19.4 Å². The maximum atomic E-state index is 13.3. The lowest BCUT2D eigenvalue weighted by Gasteiger charge is -2.32. The Morgan fingerprint density at radius 3 is 2.52 bits per heavy atom. The van der Waals surface area contributed by atoms with Crippen molar-refractivity contribution in [2.75, 3.05) is 5.32 Å². The van der Waals surface area contributed by atoms with Gasteiger partial charge in [0.05, 0.1) is 12.5 Å². The van der Waals surface area contributed by atoms with E-state index in [0.717, 1.165) is 11.1 Å². The van der Waals surface area contributed by atoms with Gasteiger partial charge in [0.2, 0.25) is 11.8 Å². The smallest absolute Gasteiger partial charge is 0.226 e. The first kappa shape index (κ1) is 20.3. The Hall–Kier alpha value is -3.93. The summed E-state index contributed by atoms with van der Waals surface area (Å²) in [5.41, 5.74) is 2.54. The van der Waals surface area contributed by atoms with Gasteiger partial charge in [0.25, 0.3) is 0 Å². The average Bonchev–Trinajstić information content (AvgIpc) is 2.75. The molecular weight excluding hydrogens is 395 g/mol. The highest BCUT2D eigenvalue weighted by Crippen LogP contribution is 2.33. The number of amides is 2. The first-order chi connectivity index (χ1) is 15.0. The van der Waals surface area contributed by atoms with Crippen molar-refractivity contribution in [1.82, 2.24) is 4.90 Å². The molecular formula is C25H21FN2O3. The van der Waals surface area contributed by atoms with Crippen molar-refractivity contribution in [3.63, 3.8) is 0 Å². The van der Waals surface area contributed by atoms with Crippen molar-refractivity contribution < 1.29 is 18.7 Å². The predicted molar refractivity (Wildman–Crippen MR) is 117 cm³/mol. The van der Waals surface area contributed by atoms with E-state index < -0.39 is 0 Å². The molecule has 5 nitrogen and oxygen atoms in total. The van der Waals surface area contributed by atoms with Crippen LogP contribution in [0.15, 0.2) is 79.0 Å². The number of nitrogens with zero attached hydrogens (tertiary/aromatic N) is 1. The van der Waals surface area contributed by atoms with Crippen molar-refractivity contribution in [1.29, 1.82) is 0 Å². The minimum atomic E-state index is -0.375. The molecule has 1 N–H and O–H groups in total. The lowest BCUT2D eigenvalue weighted by molar-refractivity contribution is -0.129. The van der Waals surface area contributed by atoms with Crippen LogP contribution in [0, 0.1) is 5.82 Å². The minimum Gasteiger partial charge on any atom is -0.457 e. The van der Waals surface area contributed by atoms with Crippen LogP contribution in [-0.2, 0) is 9.59 Å². The van der Waals surface area contributed by atoms with Crippen molar-refractivity contribution in [3.05, 3.63) is 95.9 Å². The van der Waals surface area contributed by atoms with Gasteiger partial charge in [-0.3, -0.25) is 9.59 Å². The van der Waals surface area contributed by atoms with Gasteiger partial charge in [-0.1, -0.05) is 30.3 Å². The summed E-state index contributed by atoms with van der Waals surface area (Å²) in [7, 11) is 0. The number of hydrogen-bond donors (Lipinski definition) is 1. The number of anilines is 1. The number of benzene rings is 3. The highest BCUT2D eigenvalue weighted by Gasteiger charge is 2.28. The molecule has 0 spiro atoms. The molecule has 0 bridgehead atoms. The van der Waals surface area contributed by atoms with Crippen LogP contribution in [0.5, 0.6) is 11.5 Å². The summed E-state index contributed by atoms with van der Waals surface area (Å²) in [4.78, 5) is 26.4. The Morgan fingerprint density at radius 2 is 1.77 bits per heavy atom. The highest BCUT2D eigenvalue weighted by molar-refractivity contribution is 5.92. The van der Waals surface area contributed by atoms with Crippen molar-refractivity contribution in [3.8, 4) is 11.5 Å². The summed E-state index contributed by atoms with van der Waals surface area (Å²) in [6.45, 7) is 1.49. The van der Waals surface area contributed by atoms with Crippen molar-refractivity contribution >= 4 is 23.6 Å². The first-order valence-corrected chi connectivity index (χ1v) is 9.89. The van der Waals surface area contributed by atoms with Gasteiger partial charge in [-0.05, 0) is 53.6 Å². The van der Waals surface area contributed by atoms with Crippen LogP contribution < -0.4 is 10.1 Å². The summed E-state index contributed by atoms with van der Waals surface area (Å²) in [6, 6.07) is 20.1. The Bertz CT molecular complexity index is 1140. The number of carbonyl (C=O) groups is 2. The fourth-order valence-electron chi connectivity index (χ4n) is 3.57. The van der Waals surface area contributed by atoms with E-state index in [9.17, 15) is 14.0 Å². The largest absolute Gasteiger partial charge is 0.457 e. The lowest BCUT2D eigenvalue weighted by Crippen LogP contribution is -2.33. The molecule has 3 aromatic carbocycles. The summed E-state index contributed by atoms with van der Waals surface area (Å²) in [5, 5.41) is 2.86. The Kier molecular flexibility index (Phi) is 5.80. The zero-order chi connectivity index (χ0) is 21.8. The van der Waals surface area contributed by atoms with Crippen LogP contribution in [0.2, 0.25) is 0 Å². The highest BCUT2D eigenvalue weighted by atomic mass is 19.1. The third kappa shape index (κ3) is 4.80. The molecule has 0 aromatic heterocycles. The maximum absolute atomic E-state index is 13.3. The Labute approximate surface area is 179 Å². The molecule has 1 unspecified atom stereocenters. The van der Waals surface area contributed by atoms with E-state index in [2.05, 4.69) is 5.32 Å². The summed E-state index contributed by atoms with van der Waals surface area (Å²) < 4.78 is 18.9. The van der Waals surface area contributed by atoms with E-state index in [1.807, 2.05) is 30.3 Å². The Morgan fingerprint density at radius 1 is 1.00 bits per heavy atom. The molecule has 3 aromatic rings. The second kappa shape index (κ2) is 8.83. The summed E-state index contributed by atoms with van der Waals surface area (Å²) >= 11 is 0. The topological polar surface area (TPSA) is 58.6 Å². The lowest BCUT2D eigenvalue weighted by atomic mass is 9.93. The van der Waals surface area contributed by atoms with Gasteiger partial charge in [-0.25, -0.2) is 4.39 Å². The van der Waals surface area contributed by atoms with E-state index in [1.54, 1.807) is 47.5 Å². The normalized spacial score (nSPS) is 14.6. The number of nitrogens with one attached hydrogen (secondary N) is 1. The van der Waals surface area contributed by atoms with Gasteiger partial charge < -0.3 is 15.0 Å². The van der Waals surface area contributed by atoms with E-state index in [-0.39, 0.29) is 30.1 Å². The number of hydrogen-bond acceptors (Lipinski definition) is 3. The SMILES string of the molecule is CC(=O)N1C=Cc2ccccc2C1CC(=O)Nc1ccc(Oc2cccc(F)c2)cc1. The number of ether oxygens (including phenoxy) is 1. The minimum absolute atomic E-state index is 0.123. The Balaban J connectivity index is 1.43. The van der Waals surface area contributed by atoms with Crippen LogP contribution in [0.1, 0.15) is 30.5 Å². The van der Waals surface area contributed by atoms with Crippen LogP contribution in [-0.4, -0.2) is 16.7 Å². The monoisotopic (exact) mass is 416 g/mol. The van der Waals surface area contributed by atoms with Gasteiger partial charge in [-0.15, -0.1) is 0 Å². The van der Waals surface area contributed by atoms with Gasteiger partial charge in [0, 0.05) is 24.9 Å². The molecule has 1 aliphatic heterocycles. The predicted octanol–water partition coefficient (Wildman–Crippen LogP) is 5.52. The second-order valence-corrected chi connectivity index (χ2v) is 7.22. The second-order valence-electron chi connectivity index (χ2n) is 7.22. The fraction of sp³-hybridized carbons (Fsp3) is 0.120. The van der Waals surface area contributed by atoms with Crippen LogP contribution >= 0.6 is 0 Å². The molecule has 6 heteroatoms. The zero-order valence-electron chi connectivity index (χ0n) is 16.9. The van der Waals surface area contributed by atoms with E-state index in [0.29, 0.717) is 17.2 Å². The molecule has 0 aliphatic carbocycles. The molecule has 4 rings (SSSR count). The number of halogens is 1. The molecule has 31 heavy (non-hydrogen) atoms. The van der Waals surface area contributed by atoms with Gasteiger partial charge >= 0.3 is 0 Å². The molecule has 2 amide bonds. The zero-order valence-corrected chi connectivity index (χ0v) is 16.9. The molecule has 0 saturated heterocycles. The number of carbonyl (C=O) groups excluding carboxylic acids is 2. The number of rotatable bonds is 5. The van der Waals surface area contributed by atoms with Crippen LogP contribution in [0.4, 0.5) is 10.1 Å². The van der Waals surface area contributed by atoms with Gasteiger partial charge in [0.15, 0.2) is 0 Å². The average molecular weight is 416 g/mol. The quantitative estimate of drug-likeness (QED) is 0.596. The van der Waals surface area contributed by atoms with E-state index in [4.69, 9.17) is 4.74 Å². The molecule has 1 heterocycles. The third-order valence-electron chi connectivity index (χ3n) is 5.02. The molecule has 1 aliphatic rings. The molecule has 0 radical (unpaired) electrons. The van der Waals surface area contributed by atoms with Gasteiger partial charge in [0.1, 0.15) is 17.3 Å².